The lowest BCUT2D eigenvalue weighted by Gasteiger charge is -2.13. The van der Waals surface area contributed by atoms with Crippen LogP contribution in [-0.4, -0.2) is 39.9 Å². The van der Waals surface area contributed by atoms with Gasteiger partial charge >= 0.3 is 0 Å². The smallest absolute Gasteiger partial charge is 0.251 e. The van der Waals surface area contributed by atoms with E-state index in [2.05, 4.69) is 31.3 Å². The van der Waals surface area contributed by atoms with Crippen LogP contribution >= 0.6 is 15.9 Å². The molecule has 2 aromatic rings. The van der Waals surface area contributed by atoms with Crippen LogP contribution < -0.4 is 20.1 Å². The molecule has 0 radical (unpaired) electrons. The predicted octanol–water partition coefficient (Wildman–Crippen LogP) is 3.15. The number of hydrogen-bond donors (Lipinski definition) is 3. The van der Waals surface area contributed by atoms with Crippen molar-refractivity contribution in [2.45, 2.75) is 25.7 Å². The lowest BCUT2D eigenvalue weighted by Crippen LogP contribution is -2.34. The first-order valence-corrected chi connectivity index (χ1v) is 12.0. The van der Waals surface area contributed by atoms with Gasteiger partial charge in [-0.3, -0.25) is 9.59 Å². The summed E-state index contributed by atoms with van der Waals surface area (Å²) in [4.78, 5) is 24.0. The molecule has 8 nitrogen and oxygen atoms in total. The van der Waals surface area contributed by atoms with Crippen molar-refractivity contribution >= 4 is 43.5 Å². The fraction of sp³-hybridized carbons (Fsp3) is 0.333. The Bertz CT molecular complexity index is 1020. The van der Waals surface area contributed by atoms with Crippen molar-refractivity contribution in [3.8, 4) is 5.75 Å². The molecule has 0 saturated heterocycles. The Hall–Kier alpha value is -2.43. The first kappa shape index (κ1) is 24.8. The molecule has 2 amide bonds. The lowest BCUT2D eigenvalue weighted by molar-refractivity contribution is -0.118. The average molecular weight is 512 g/mol. The molecule has 10 heteroatoms. The van der Waals surface area contributed by atoms with Crippen molar-refractivity contribution in [1.82, 2.24) is 10.0 Å². The minimum atomic E-state index is -3.82. The molecule has 0 unspecified atom stereocenters. The van der Waals surface area contributed by atoms with Crippen molar-refractivity contribution in [2.75, 3.05) is 25.0 Å². The number of benzene rings is 2. The maximum Gasteiger partial charge on any atom is 0.251 e. The van der Waals surface area contributed by atoms with E-state index < -0.39 is 10.0 Å². The molecule has 168 valence electrons. The van der Waals surface area contributed by atoms with Crippen LogP contribution in [0.1, 0.15) is 31.1 Å². The van der Waals surface area contributed by atoms with E-state index in [-0.39, 0.29) is 41.5 Å². The van der Waals surface area contributed by atoms with Crippen LogP contribution in [0.25, 0.3) is 0 Å². The second-order valence-electron chi connectivity index (χ2n) is 6.90. The molecule has 0 fully saturated rings. The third-order valence-electron chi connectivity index (χ3n) is 4.14. The maximum absolute atomic E-state index is 12.6. The molecule has 0 aliphatic heterocycles. The van der Waals surface area contributed by atoms with E-state index >= 15 is 0 Å². The fourth-order valence-corrected chi connectivity index (χ4v) is 4.21. The summed E-state index contributed by atoms with van der Waals surface area (Å²) < 4.78 is 33.7. The number of carbonyl (C=O) groups excluding carboxylic acids is 2. The van der Waals surface area contributed by atoms with E-state index in [4.69, 9.17) is 4.74 Å². The van der Waals surface area contributed by atoms with Crippen molar-refractivity contribution in [3.05, 3.63) is 52.5 Å². The zero-order valence-electron chi connectivity index (χ0n) is 17.6. The summed E-state index contributed by atoms with van der Waals surface area (Å²) in [6, 6.07) is 11.2. The Morgan fingerprint density at radius 1 is 1.06 bits per heavy atom. The van der Waals surface area contributed by atoms with Crippen LogP contribution in [0.4, 0.5) is 5.69 Å². The third-order valence-corrected chi connectivity index (χ3v) is 6.11. The van der Waals surface area contributed by atoms with Gasteiger partial charge in [-0.2, -0.15) is 0 Å². The number of nitrogens with one attached hydrogen (secondary N) is 3. The minimum Gasteiger partial charge on any atom is -0.492 e. The number of hydrogen-bond acceptors (Lipinski definition) is 5. The highest BCUT2D eigenvalue weighted by Gasteiger charge is 2.20. The molecule has 2 aromatic carbocycles. The molecule has 0 aliphatic carbocycles. The minimum absolute atomic E-state index is 0.00861. The number of anilines is 1. The molecule has 2 rings (SSSR count). The Morgan fingerprint density at radius 3 is 2.35 bits per heavy atom. The second-order valence-corrected chi connectivity index (χ2v) is 9.55. The number of carbonyl (C=O) groups is 2. The Morgan fingerprint density at radius 2 is 1.74 bits per heavy atom. The molecular formula is C21H26BrN3O5S. The van der Waals surface area contributed by atoms with Gasteiger partial charge in [0.1, 0.15) is 10.6 Å². The molecule has 0 saturated carbocycles. The topological polar surface area (TPSA) is 114 Å². The van der Waals surface area contributed by atoms with E-state index in [1.54, 1.807) is 57.2 Å². The highest BCUT2D eigenvalue weighted by molar-refractivity contribution is 9.10. The van der Waals surface area contributed by atoms with Gasteiger partial charge in [-0.1, -0.05) is 29.8 Å². The van der Waals surface area contributed by atoms with Gasteiger partial charge in [-0.15, -0.1) is 0 Å². The highest BCUT2D eigenvalue weighted by Crippen LogP contribution is 2.27. The van der Waals surface area contributed by atoms with E-state index in [1.807, 2.05) is 0 Å². The van der Waals surface area contributed by atoms with Crippen molar-refractivity contribution in [1.29, 1.82) is 0 Å². The summed E-state index contributed by atoms with van der Waals surface area (Å²) in [7, 11) is -3.82. The zero-order valence-corrected chi connectivity index (χ0v) is 20.0. The number of halogens is 1. The Kier molecular flexibility index (Phi) is 9.02. The van der Waals surface area contributed by atoms with Gasteiger partial charge < -0.3 is 15.4 Å². The number of sulfonamides is 1. The quantitative estimate of drug-likeness (QED) is 0.424. The summed E-state index contributed by atoms with van der Waals surface area (Å²) in [5.41, 5.74) is 0.998. The summed E-state index contributed by atoms with van der Waals surface area (Å²) in [6.07, 6.45) is 0. The van der Waals surface area contributed by atoms with Gasteiger partial charge in [0.15, 0.2) is 0 Å². The normalized spacial score (nSPS) is 11.3. The van der Waals surface area contributed by atoms with Gasteiger partial charge in [0.2, 0.25) is 15.9 Å². The van der Waals surface area contributed by atoms with E-state index in [0.717, 1.165) is 0 Å². The molecule has 31 heavy (non-hydrogen) atoms. The van der Waals surface area contributed by atoms with Gasteiger partial charge in [0, 0.05) is 34.7 Å². The van der Waals surface area contributed by atoms with E-state index in [0.29, 0.717) is 22.3 Å². The maximum atomic E-state index is 12.6. The fourth-order valence-electron chi connectivity index (χ4n) is 2.50. The summed E-state index contributed by atoms with van der Waals surface area (Å²) in [5, 5.41) is 5.41. The number of amides is 2. The van der Waals surface area contributed by atoms with Crippen LogP contribution in [-0.2, 0) is 14.8 Å². The number of ether oxygens (including phenoxy) is 1. The first-order chi connectivity index (χ1) is 14.6. The summed E-state index contributed by atoms with van der Waals surface area (Å²) in [6.45, 7) is 5.79. The molecule has 0 heterocycles. The standard InChI is InChI=1S/C21H26BrN3O5S/c1-4-30-18-10-7-16(22)13-19(18)31(28,29)24-12-11-23-21(27)15-5-8-17(9-6-15)25-20(26)14(2)3/h5-10,13-14,24H,4,11-12H2,1-3H3,(H,23,27)(H,25,26). The molecule has 0 aliphatic rings. The average Bonchev–Trinajstić information content (AvgIpc) is 2.73. The first-order valence-electron chi connectivity index (χ1n) is 9.75. The van der Waals surface area contributed by atoms with Crippen molar-refractivity contribution in [2.24, 2.45) is 5.92 Å². The van der Waals surface area contributed by atoms with Crippen molar-refractivity contribution < 1.29 is 22.7 Å². The van der Waals surface area contributed by atoms with E-state index in [1.165, 1.54) is 6.07 Å². The Balaban J connectivity index is 1.90. The van der Waals surface area contributed by atoms with Crippen LogP contribution in [0, 0.1) is 5.92 Å². The lowest BCUT2D eigenvalue weighted by atomic mass is 10.1. The van der Waals surface area contributed by atoms with Gasteiger partial charge in [0.25, 0.3) is 5.91 Å². The highest BCUT2D eigenvalue weighted by atomic mass is 79.9. The van der Waals surface area contributed by atoms with Gasteiger partial charge in [-0.05, 0) is 49.4 Å². The molecule has 0 bridgehead atoms. The van der Waals surface area contributed by atoms with Crippen molar-refractivity contribution in [3.63, 3.8) is 0 Å². The van der Waals surface area contributed by atoms with Crippen LogP contribution in [0.3, 0.4) is 0 Å². The summed E-state index contributed by atoms with van der Waals surface area (Å²) in [5.74, 6) is -0.346. The molecule has 0 atom stereocenters. The van der Waals surface area contributed by atoms with E-state index in [9.17, 15) is 18.0 Å². The Labute approximate surface area is 190 Å². The van der Waals surface area contributed by atoms with Crippen LogP contribution in [0.5, 0.6) is 5.75 Å². The number of rotatable bonds is 10. The molecular weight excluding hydrogens is 486 g/mol. The third kappa shape index (κ3) is 7.34. The second kappa shape index (κ2) is 11.3. The molecule has 0 aromatic heterocycles. The largest absolute Gasteiger partial charge is 0.492 e. The van der Waals surface area contributed by atoms with Gasteiger partial charge in [0.05, 0.1) is 6.61 Å². The van der Waals surface area contributed by atoms with Crippen LogP contribution in [0.15, 0.2) is 51.8 Å². The van der Waals surface area contributed by atoms with Gasteiger partial charge in [-0.25, -0.2) is 13.1 Å². The predicted molar refractivity (Wildman–Crippen MR) is 123 cm³/mol. The molecule has 3 N–H and O–H groups in total. The monoisotopic (exact) mass is 511 g/mol. The SMILES string of the molecule is CCOc1ccc(Br)cc1S(=O)(=O)NCCNC(=O)c1ccc(NC(=O)C(C)C)cc1. The zero-order chi connectivity index (χ0) is 23.0. The van der Waals surface area contributed by atoms with Crippen LogP contribution in [0.2, 0.25) is 0 Å². The summed E-state index contributed by atoms with van der Waals surface area (Å²) >= 11 is 3.26. The molecule has 0 spiro atoms.